The summed E-state index contributed by atoms with van der Waals surface area (Å²) in [5.74, 6) is -0.0564. The Morgan fingerprint density at radius 3 is 3.07 bits per heavy atom. The first-order valence-electron chi connectivity index (χ1n) is 4.76. The summed E-state index contributed by atoms with van der Waals surface area (Å²) in [5.41, 5.74) is 1.31. The molecule has 1 aliphatic rings. The molecule has 1 fully saturated rings. The van der Waals surface area contributed by atoms with Crippen molar-refractivity contribution in [1.82, 2.24) is 0 Å². The Balaban J connectivity index is 2.35. The van der Waals surface area contributed by atoms with Crippen LogP contribution in [0.3, 0.4) is 0 Å². The summed E-state index contributed by atoms with van der Waals surface area (Å²) in [5, 5.41) is 2.28. The first-order valence-corrected chi connectivity index (χ1v) is 5.17. The number of thiocarbonyl (C=S) groups is 1. The van der Waals surface area contributed by atoms with Crippen LogP contribution in [0.5, 0.6) is 0 Å². The van der Waals surface area contributed by atoms with Crippen LogP contribution in [0.4, 0.5) is 10.1 Å². The van der Waals surface area contributed by atoms with Crippen molar-refractivity contribution in [1.29, 1.82) is 0 Å². The Morgan fingerprint density at radius 2 is 2.40 bits per heavy atom. The summed E-state index contributed by atoms with van der Waals surface area (Å²) in [7, 11) is 0. The van der Waals surface area contributed by atoms with Crippen LogP contribution >= 0.6 is 12.2 Å². The zero-order valence-corrected chi connectivity index (χ0v) is 8.89. The third-order valence-electron chi connectivity index (χ3n) is 2.52. The second kappa shape index (κ2) is 4.62. The fraction of sp³-hybridized carbons (Fsp3) is 0.364. The van der Waals surface area contributed by atoms with E-state index in [-0.39, 0.29) is 11.7 Å². The molecular weight excluding hydrogens is 213 g/mol. The molecule has 0 aliphatic carbocycles. The highest BCUT2D eigenvalue weighted by molar-refractivity contribution is 7.78. The van der Waals surface area contributed by atoms with Crippen molar-refractivity contribution in [3.8, 4) is 0 Å². The van der Waals surface area contributed by atoms with Gasteiger partial charge >= 0.3 is 0 Å². The van der Waals surface area contributed by atoms with Gasteiger partial charge in [0.2, 0.25) is 0 Å². The molecule has 0 bridgehead atoms. The molecule has 1 atom stereocenters. The molecule has 1 saturated heterocycles. The first kappa shape index (κ1) is 10.4. The van der Waals surface area contributed by atoms with Crippen molar-refractivity contribution in [2.45, 2.75) is 12.3 Å². The molecule has 0 saturated carbocycles. The summed E-state index contributed by atoms with van der Waals surface area (Å²) < 4.78 is 18.8. The summed E-state index contributed by atoms with van der Waals surface area (Å²) in [6, 6.07) is 4.72. The van der Waals surface area contributed by atoms with Crippen LogP contribution in [0, 0.1) is 5.82 Å². The van der Waals surface area contributed by atoms with Gasteiger partial charge in [-0.1, -0.05) is 0 Å². The summed E-state index contributed by atoms with van der Waals surface area (Å²) in [6.07, 6.45) is 0.863. The van der Waals surface area contributed by atoms with Gasteiger partial charge in [0, 0.05) is 12.5 Å². The molecule has 2 rings (SSSR count). The van der Waals surface area contributed by atoms with Crippen LogP contribution in [0.2, 0.25) is 0 Å². The third kappa shape index (κ3) is 2.29. The van der Waals surface area contributed by atoms with Crippen LogP contribution in [-0.4, -0.2) is 18.4 Å². The Morgan fingerprint density at radius 1 is 1.53 bits per heavy atom. The SMILES string of the molecule is Fc1ccc(N=C=S)cc1C1CCOC1. The second-order valence-electron chi connectivity index (χ2n) is 3.47. The number of ether oxygens (including phenoxy) is 1. The number of hydrogen-bond donors (Lipinski definition) is 0. The van der Waals surface area contributed by atoms with Gasteiger partial charge in [-0.05, 0) is 42.4 Å². The average Bonchev–Trinajstić information content (AvgIpc) is 2.74. The minimum Gasteiger partial charge on any atom is -0.381 e. The highest BCUT2D eigenvalue weighted by Crippen LogP contribution is 2.29. The van der Waals surface area contributed by atoms with Crippen LogP contribution in [-0.2, 0) is 4.74 Å². The normalized spacial score (nSPS) is 19.9. The van der Waals surface area contributed by atoms with Crippen molar-refractivity contribution in [2.24, 2.45) is 4.99 Å². The van der Waals surface area contributed by atoms with Gasteiger partial charge in [0.1, 0.15) is 5.82 Å². The maximum absolute atomic E-state index is 13.5. The predicted octanol–water partition coefficient (Wildman–Crippen LogP) is 3.06. The van der Waals surface area contributed by atoms with E-state index in [1.165, 1.54) is 6.07 Å². The summed E-state index contributed by atoms with van der Waals surface area (Å²) in [6.45, 7) is 1.28. The van der Waals surface area contributed by atoms with Gasteiger partial charge in [0.15, 0.2) is 0 Å². The number of halogens is 1. The Labute approximate surface area is 92.8 Å². The zero-order chi connectivity index (χ0) is 10.7. The van der Waals surface area contributed by atoms with Gasteiger partial charge in [-0.3, -0.25) is 0 Å². The zero-order valence-electron chi connectivity index (χ0n) is 8.07. The Kier molecular flexibility index (Phi) is 3.21. The van der Waals surface area contributed by atoms with Crippen LogP contribution in [0.25, 0.3) is 0 Å². The molecule has 1 heterocycles. The van der Waals surface area contributed by atoms with Crippen LogP contribution in [0.1, 0.15) is 17.9 Å². The molecule has 1 unspecified atom stereocenters. The molecule has 0 radical (unpaired) electrons. The highest BCUT2D eigenvalue weighted by Gasteiger charge is 2.21. The second-order valence-corrected chi connectivity index (χ2v) is 3.65. The lowest BCUT2D eigenvalue weighted by molar-refractivity contribution is 0.193. The van der Waals surface area contributed by atoms with Crippen molar-refractivity contribution in [3.05, 3.63) is 29.6 Å². The standard InChI is InChI=1S/C11H10FNOS/c12-11-2-1-9(13-7-15)5-10(11)8-3-4-14-6-8/h1-2,5,8H,3-4,6H2. The molecule has 1 aliphatic heterocycles. The van der Waals surface area contributed by atoms with Crippen LogP contribution in [0.15, 0.2) is 23.2 Å². The van der Waals surface area contributed by atoms with Crippen molar-refractivity contribution < 1.29 is 9.13 Å². The molecule has 15 heavy (non-hydrogen) atoms. The molecule has 0 amide bonds. The number of isothiocyanates is 1. The molecule has 78 valence electrons. The quantitative estimate of drug-likeness (QED) is 0.567. The van der Waals surface area contributed by atoms with Gasteiger partial charge < -0.3 is 4.74 Å². The van der Waals surface area contributed by atoms with Crippen molar-refractivity contribution >= 4 is 23.1 Å². The smallest absolute Gasteiger partial charge is 0.126 e. The number of hydrogen-bond acceptors (Lipinski definition) is 3. The monoisotopic (exact) mass is 223 g/mol. The van der Waals surface area contributed by atoms with E-state index in [4.69, 9.17) is 4.74 Å². The summed E-state index contributed by atoms with van der Waals surface area (Å²) in [4.78, 5) is 3.84. The third-order valence-corrected chi connectivity index (χ3v) is 2.62. The number of aliphatic imine (C=N–C) groups is 1. The number of nitrogens with zero attached hydrogens (tertiary/aromatic N) is 1. The Bertz CT molecular complexity index is 409. The molecule has 0 aromatic heterocycles. The molecule has 0 N–H and O–H groups in total. The van der Waals surface area contributed by atoms with Gasteiger partial charge in [-0.2, -0.15) is 4.99 Å². The largest absolute Gasteiger partial charge is 0.381 e. The molecule has 1 aromatic carbocycles. The topological polar surface area (TPSA) is 21.6 Å². The van der Waals surface area contributed by atoms with E-state index in [9.17, 15) is 4.39 Å². The number of benzene rings is 1. The van der Waals surface area contributed by atoms with E-state index in [2.05, 4.69) is 22.4 Å². The summed E-state index contributed by atoms with van der Waals surface area (Å²) >= 11 is 4.51. The van der Waals surface area contributed by atoms with E-state index in [0.29, 0.717) is 24.5 Å². The molecule has 4 heteroatoms. The fourth-order valence-electron chi connectivity index (χ4n) is 1.75. The van der Waals surface area contributed by atoms with Gasteiger partial charge in [0.05, 0.1) is 17.5 Å². The van der Waals surface area contributed by atoms with Gasteiger partial charge in [-0.25, -0.2) is 4.39 Å². The molecular formula is C11H10FNOS. The lowest BCUT2D eigenvalue weighted by Gasteiger charge is -2.09. The predicted molar refractivity (Wildman–Crippen MR) is 59.3 cm³/mol. The number of rotatable bonds is 2. The fourth-order valence-corrected chi connectivity index (χ4v) is 1.85. The molecule has 0 spiro atoms. The minimum atomic E-state index is -0.200. The molecule has 1 aromatic rings. The van der Waals surface area contributed by atoms with Crippen molar-refractivity contribution in [2.75, 3.05) is 13.2 Å². The van der Waals surface area contributed by atoms with E-state index >= 15 is 0 Å². The lowest BCUT2D eigenvalue weighted by Crippen LogP contribution is -2.00. The average molecular weight is 223 g/mol. The lowest BCUT2D eigenvalue weighted by atomic mass is 9.97. The Hall–Kier alpha value is -1.09. The first-order chi connectivity index (χ1) is 7.31. The minimum absolute atomic E-state index is 0.144. The van der Waals surface area contributed by atoms with E-state index in [1.807, 2.05) is 0 Å². The highest BCUT2D eigenvalue weighted by atomic mass is 32.1. The maximum Gasteiger partial charge on any atom is 0.126 e. The van der Waals surface area contributed by atoms with E-state index in [1.54, 1.807) is 12.1 Å². The molecule has 2 nitrogen and oxygen atoms in total. The van der Waals surface area contributed by atoms with Gasteiger partial charge in [-0.15, -0.1) is 0 Å². The van der Waals surface area contributed by atoms with E-state index in [0.717, 1.165) is 6.42 Å². The van der Waals surface area contributed by atoms with Crippen molar-refractivity contribution in [3.63, 3.8) is 0 Å². The van der Waals surface area contributed by atoms with E-state index < -0.39 is 0 Å². The maximum atomic E-state index is 13.5. The van der Waals surface area contributed by atoms with Crippen LogP contribution < -0.4 is 0 Å². The van der Waals surface area contributed by atoms with Gasteiger partial charge in [0.25, 0.3) is 0 Å².